The van der Waals surface area contributed by atoms with E-state index in [0.29, 0.717) is 6.04 Å². The fraction of sp³-hybridized carbons (Fsp3) is 0.571. The van der Waals surface area contributed by atoms with Gasteiger partial charge in [0, 0.05) is 22.6 Å². The van der Waals surface area contributed by atoms with E-state index in [0.717, 1.165) is 29.6 Å². The maximum Gasteiger partial charge on any atom is 0.0821 e. The predicted octanol–water partition coefficient (Wildman–Crippen LogP) is 2.91. The monoisotopic (exact) mass is 285 g/mol. The van der Waals surface area contributed by atoms with E-state index >= 15 is 0 Å². The number of ether oxygens (including phenoxy) is 1. The molecular weight excluding hydrogens is 266 g/mol. The molecule has 2 unspecified atom stereocenters. The van der Waals surface area contributed by atoms with Crippen LogP contribution in [0.2, 0.25) is 5.02 Å². The molecule has 1 fully saturated rings. The number of hydrogen-bond donors (Lipinski definition) is 1. The van der Waals surface area contributed by atoms with Gasteiger partial charge in [0.2, 0.25) is 0 Å². The van der Waals surface area contributed by atoms with Gasteiger partial charge >= 0.3 is 0 Å². The van der Waals surface area contributed by atoms with Crippen molar-refractivity contribution in [3.63, 3.8) is 0 Å². The summed E-state index contributed by atoms with van der Waals surface area (Å²) in [5.74, 6) is 2.17. The minimum atomic E-state index is 0.283. The van der Waals surface area contributed by atoms with Crippen molar-refractivity contribution in [3.8, 4) is 0 Å². The van der Waals surface area contributed by atoms with Crippen molar-refractivity contribution in [1.82, 2.24) is 5.32 Å². The van der Waals surface area contributed by atoms with Crippen molar-refractivity contribution in [3.05, 3.63) is 34.3 Å². The third-order valence-electron chi connectivity index (χ3n) is 3.31. The Kier molecular flexibility index (Phi) is 5.37. The van der Waals surface area contributed by atoms with Gasteiger partial charge in [-0.15, -0.1) is 0 Å². The molecule has 2 nitrogen and oxygen atoms in total. The topological polar surface area (TPSA) is 21.3 Å². The van der Waals surface area contributed by atoms with Gasteiger partial charge in [-0.05, 0) is 37.6 Å². The molecule has 0 spiro atoms. The van der Waals surface area contributed by atoms with E-state index in [4.69, 9.17) is 16.3 Å². The molecule has 1 N–H and O–H groups in total. The normalized spacial score (nSPS) is 21.8. The minimum absolute atomic E-state index is 0.283. The van der Waals surface area contributed by atoms with Gasteiger partial charge in [0.25, 0.3) is 0 Å². The van der Waals surface area contributed by atoms with Crippen LogP contribution in [-0.4, -0.2) is 37.3 Å². The lowest BCUT2D eigenvalue weighted by molar-refractivity contribution is 0.0492. The summed E-state index contributed by atoms with van der Waals surface area (Å²) in [6.07, 6.45) is 1.20. The molecule has 1 heterocycles. The Labute approximate surface area is 118 Å². The Hall–Kier alpha value is -0.220. The van der Waals surface area contributed by atoms with Crippen LogP contribution in [-0.2, 0) is 11.2 Å². The van der Waals surface area contributed by atoms with Crippen LogP contribution in [0.15, 0.2) is 18.2 Å². The van der Waals surface area contributed by atoms with Gasteiger partial charge in [-0.25, -0.2) is 0 Å². The van der Waals surface area contributed by atoms with Crippen LogP contribution in [0, 0.1) is 6.92 Å². The van der Waals surface area contributed by atoms with Crippen molar-refractivity contribution in [2.45, 2.75) is 25.5 Å². The highest BCUT2D eigenvalue weighted by Gasteiger charge is 2.24. The second kappa shape index (κ2) is 6.80. The molecule has 100 valence electrons. The van der Waals surface area contributed by atoms with Gasteiger partial charge in [0.15, 0.2) is 0 Å². The summed E-state index contributed by atoms with van der Waals surface area (Å²) in [6.45, 7) is 2.92. The molecule has 4 heteroatoms. The van der Waals surface area contributed by atoms with Crippen molar-refractivity contribution < 1.29 is 4.74 Å². The van der Waals surface area contributed by atoms with E-state index in [-0.39, 0.29) is 6.10 Å². The smallest absolute Gasteiger partial charge is 0.0821 e. The SMILES string of the molecule is CNC(Cc1ccc(C)cc1Cl)C1CSCCO1. The molecular formula is C14H20ClNOS. The Morgan fingerprint density at radius 2 is 2.39 bits per heavy atom. The second-order valence-corrected chi connectivity index (χ2v) is 6.24. The van der Waals surface area contributed by atoms with E-state index in [2.05, 4.69) is 24.4 Å². The average Bonchev–Trinajstić information content (AvgIpc) is 2.39. The van der Waals surface area contributed by atoms with Crippen LogP contribution in [0.25, 0.3) is 0 Å². The quantitative estimate of drug-likeness (QED) is 0.919. The number of hydrogen-bond acceptors (Lipinski definition) is 3. The number of aryl methyl sites for hydroxylation is 1. The number of thioether (sulfide) groups is 1. The fourth-order valence-corrected chi connectivity index (χ4v) is 3.47. The average molecular weight is 286 g/mol. The van der Waals surface area contributed by atoms with Crippen LogP contribution in [0.4, 0.5) is 0 Å². The molecule has 2 rings (SSSR count). The first kappa shape index (κ1) is 14.2. The van der Waals surface area contributed by atoms with Gasteiger partial charge in [0.1, 0.15) is 0 Å². The number of likely N-dealkylation sites (N-methyl/N-ethyl adjacent to an activating group) is 1. The Morgan fingerprint density at radius 1 is 1.56 bits per heavy atom. The molecule has 0 bridgehead atoms. The molecule has 0 amide bonds. The lowest BCUT2D eigenvalue weighted by Crippen LogP contribution is -2.44. The molecule has 2 atom stereocenters. The maximum absolute atomic E-state index is 6.30. The van der Waals surface area contributed by atoms with Crippen LogP contribution in [0.1, 0.15) is 11.1 Å². The first-order valence-corrected chi connectivity index (χ1v) is 7.85. The number of rotatable bonds is 4. The van der Waals surface area contributed by atoms with Gasteiger partial charge in [-0.3, -0.25) is 0 Å². The van der Waals surface area contributed by atoms with Crippen molar-refractivity contribution in [1.29, 1.82) is 0 Å². The first-order valence-electron chi connectivity index (χ1n) is 6.32. The van der Waals surface area contributed by atoms with E-state index in [1.807, 2.05) is 24.9 Å². The molecule has 18 heavy (non-hydrogen) atoms. The number of halogens is 1. The summed E-state index contributed by atoms with van der Waals surface area (Å²) in [5, 5.41) is 4.23. The zero-order valence-corrected chi connectivity index (χ0v) is 12.5. The Bertz CT molecular complexity index is 393. The van der Waals surface area contributed by atoms with E-state index in [1.165, 1.54) is 11.1 Å². The minimum Gasteiger partial charge on any atom is -0.375 e. The highest BCUT2D eigenvalue weighted by Crippen LogP contribution is 2.22. The van der Waals surface area contributed by atoms with Crippen LogP contribution < -0.4 is 5.32 Å². The van der Waals surface area contributed by atoms with E-state index in [1.54, 1.807) is 0 Å². The van der Waals surface area contributed by atoms with Crippen molar-refractivity contribution in [2.75, 3.05) is 25.2 Å². The fourth-order valence-electron chi connectivity index (χ4n) is 2.21. The zero-order valence-electron chi connectivity index (χ0n) is 10.9. The van der Waals surface area contributed by atoms with Gasteiger partial charge in [-0.1, -0.05) is 23.7 Å². The standard InChI is InChI=1S/C14H20ClNOS/c1-10-3-4-11(12(15)7-10)8-13(16-2)14-9-18-6-5-17-14/h3-4,7,13-14,16H,5-6,8-9H2,1-2H3. The Balaban J connectivity index is 2.04. The molecule has 0 radical (unpaired) electrons. The highest BCUT2D eigenvalue weighted by molar-refractivity contribution is 7.99. The summed E-state index contributed by atoms with van der Waals surface area (Å²) >= 11 is 8.26. The maximum atomic E-state index is 6.30. The molecule has 1 aromatic rings. The summed E-state index contributed by atoms with van der Waals surface area (Å²) in [4.78, 5) is 0. The second-order valence-electron chi connectivity index (χ2n) is 4.68. The predicted molar refractivity (Wildman–Crippen MR) is 79.8 cm³/mol. The lowest BCUT2D eigenvalue weighted by atomic mass is 10.0. The van der Waals surface area contributed by atoms with E-state index in [9.17, 15) is 0 Å². The van der Waals surface area contributed by atoms with Crippen LogP contribution in [0.3, 0.4) is 0 Å². The first-order chi connectivity index (χ1) is 8.70. The van der Waals surface area contributed by atoms with Crippen molar-refractivity contribution >= 4 is 23.4 Å². The molecule has 0 aliphatic carbocycles. The van der Waals surface area contributed by atoms with Crippen LogP contribution >= 0.6 is 23.4 Å². The highest BCUT2D eigenvalue weighted by atomic mass is 35.5. The van der Waals surface area contributed by atoms with Gasteiger partial charge in [-0.2, -0.15) is 11.8 Å². The Morgan fingerprint density at radius 3 is 3.00 bits per heavy atom. The third-order valence-corrected chi connectivity index (χ3v) is 4.68. The summed E-state index contributed by atoms with van der Waals surface area (Å²) in [7, 11) is 2.00. The third kappa shape index (κ3) is 3.64. The van der Waals surface area contributed by atoms with Crippen LogP contribution in [0.5, 0.6) is 0 Å². The molecule has 0 aromatic heterocycles. The van der Waals surface area contributed by atoms with Gasteiger partial charge < -0.3 is 10.1 Å². The largest absolute Gasteiger partial charge is 0.375 e. The summed E-state index contributed by atoms with van der Waals surface area (Å²) < 4.78 is 5.84. The van der Waals surface area contributed by atoms with Gasteiger partial charge in [0.05, 0.1) is 12.7 Å². The molecule has 1 saturated heterocycles. The lowest BCUT2D eigenvalue weighted by Gasteiger charge is -2.30. The van der Waals surface area contributed by atoms with E-state index < -0.39 is 0 Å². The number of benzene rings is 1. The summed E-state index contributed by atoms with van der Waals surface area (Å²) in [5.41, 5.74) is 2.40. The summed E-state index contributed by atoms with van der Waals surface area (Å²) in [6, 6.07) is 6.60. The molecule has 1 aliphatic heterocycles. The molecule has 0 saturated carbocycles. The van der Waals surface area contributed by atoms with Crippen molar-refractivity contribution in [2.24, 2.45) is 0 Å². The molecule has 1 aromatic carbocycles. The zero-order chi connectivity index (χ0) is 13.0. The molecule has 1 aliphatic rings. The number of nitrogens with one attached hydrogen (secondary N) is 1.